The van der Waals surface area contributed by atoms with Gasteiger partial charge in [-0.05, 0) is 49.2 Å². The third kappa shape index (κ3) is 6.29. The summed E-state index contributed by atoms with van der Waals surface area (Å²) >= 11 is 3.31. The van der Waals surface area contributed by atoms with E-state index < -0.39 is 22.0 Å². The van der Waals surface area contributed by atoms with Gasteiger partial charge >= 0.3 is 5.97 Å². The van der Waals surface area contributed by atoms with Crippen LogP contribution in [0.25, 0.3) is 0 Å². The Bertz CT molecular complexity index is 885. The van der Waals surface area contributed by atoms with Crippen LogP contribution in [0.1, 0.15) is 20.8 Å². The molecule has 0 fully saturated rings. The summed E-state index contributed by atoms with van der Waals surface area (Å²) in [6, 6.07) is 14.5. The third-order valence-electron chi connectivity index (χ3n) is 4.21. The van der Waals surface area contributed by atoms with Crippen LogP contribution in [0.15, 0.2) is 64.0 Å². The minimum atomic E-state index is -3.95. The molecule has 0 spiro atoms. The van der Waals surface area contributed by atoms with Crippen molar-refractivity contribution in [3.05, 3.63) is 59.1 Å². The molecular weight excluding hydrogens is 458 g/mol. The number of ether oxygens (including phenoxy) is 2. The Morgan fingerprint density at radius 2 is 1.69 bits per heavy atom. The Hall–Kier alpha value is -1.90. The molecule has 0 N–H and O–H groups in total. The summed E-state index contributed by atoms with van der Waals surface area (Å²) in [6.07, 6.45) is 0. The molecule has 1 atom stereocenters. The summed E-state index contributed by atoms with van der Waals surface area (Å²) in [5, 5.41) is 0. The van der Waals surface area contributed by atoms with E-state index >= 15 is 0 Å². The quantitative estimate of drug-likeness (QED) is 0.475. The standard InChI is InChI=1S/C21H26BrNO5S/c1-4-27-21(24)20(16(2)3)23(14-15-28-18-8-6-5-7-9-18)29(25,26)19-12-10-17(22)11-13-19/h5-13,16,20H,4,14-15H2,1-3H3. The SMILES string of the molecule is CCOC(=O)C(C(C)C)N(CCOc1ccccc1)S(=O)(=O)c1ccc(Br)cc1. The van der Waals surface area contributed by atoms with E-state index in [1.54, 1.807) is 45.0 Å². The number of rotatable bonds is 10. The second kappa shape index (κ2) is 10.8. The molecule has 8 heteroatoms. The minimum Gasteiger partial charge on any atom is -0.492 e. The lowest BCUT2D eigenvalue weighted by molar-refractivity contribution is -0.149. The lowest BCUT2D eigenvalue weighted by Gasteiger charge is -2.31. The first-order valence-corrected chi connectivity index (χ1v) is 11.6. The zero-order chi connectivity index (χ0) is 21.4. The van der Waals surface area contributed by atoms with Crippen LogP contribution in [-0.2, 0) is 19.6 Å². The Morgan fingerprint density at radius 1 is 1.07 bits per heavy atom. The predicted octanol–water partition coefficient (Wildman–Crippen LogP) is 4.11. The maximum absolute atomic E-state index is 13.4. The molecule has 0 aliphatic carbocycles. The molecule has 2 rings (SSSR count). The maximum Gasteiger partial charge on any atom is 0.324 e. The molecule has 6 nitrogen and oxygen atoms in total. The van der Waals surface area contributed by atoms with E-state index in [2.05, 4.69) is 15.9 Å². The highest BCUT2D eigenvalue weighted by Crippen LogP contribution is 2.24. The van der Waals surface area contributed by atoms with Crippen LogP contribution in [-0.4, -0.2) is 44.5 Å². The number of hydrogen-bond acceptors (Lipinski definition) is 5. The summed E-state index contributed by atoms with van der Waals surface area (Å²) < 4.78 is 39.6. The van der Waals surface area contributed by atoms with Crippen molar-refractivity contribution in [2.24, 2.45) is 5.92 Å². The van der Waals surface area contributed by atoms with Crippen molar-refractivity contribution in [3.8, 4) is 5.75 Å². The van der Waals surface area contributed by atoms with Gasteiger partial charge in [0.05, 0.1) is 11.5 Å². The molecule has 0 amide bonds. The van der Waals surface area contributed by atoms with E-state index in [0.717, 1.165) is 4.47 Å². The summed E-state index contributed by atoms with van der Waals surface area (Å²) in [5.74, 6) is -0.218. The number of carbonyl (C=O) groups is 1. The van der Waals surface area contributed by atoms with Crippen molar-refractivity contribution in [2.45, 2.75) is 31.7 Å². The zero-order valence-corrected chi connectivity index (χ0v) is 19.1. The summed E-state index contributed by atoms with van der Waals surface area (Å²) in [7, 11) is -3.95. The van der Waals surface area contributed by atoms with Gasteiger partial charge in [0.25, 0.3) is 0 Å². The number of esters is 1. The molecule has 2 aromatic rings. The molecule has 2 aromatic carbocycles. The van der Waals surface area contributed by atoms with Crippen molar-refractivity contribution in [1.82, 2.24) is 4.31 Å². The maximum atomic E-state index is 13.4. The van der Waals surface area contributed by atoms with Gasteiger partial charge in [-0.3, -0.25) is 4.79 Å². The predicted molar refractivity (Wildman–Crippen MR) is 115 cm³/mol. The highest BCUT2D eigenvalue weighted by atomic mass is 79.9. The van der Waals surface area contributed by atoms with Crippen molar-refractivity contribution >= 4 is 31.9 Å². The van der Waals surface area contributed by atoms with Crippen LogP contribution in [0.4, 0.5) is 0 Å². The summed E-state index contributed by atoms with van der Waals surface area (Å²) in [6.45, 7) is 5.57. The molecule has 1 unspecified atom stereocenters. The Morgan fingerprint density at radius 3 is 2.24 bits per heavy atom. The highest BCUT2D eigenvalue weighted by molar-refractivity contribution is 9.10. The lowest BCUT2D eigenvalue weighted by atomic mass is 10.0. The molecule has 0 aliphatic heterocycles. The number of sulfonamides is 1. The fourth-order valence-electron chi connectivity index (χ4n) is 2.87. The minimum absolute atomic E-state index is 0.00888. The van der Waals surface area contributed by atoms with Gasteiger partial charge in [0, 0.05) is 11.0 Å². The van der Waals surface area contributed by atoms with Crippen LogP contribution in [0.5, 0.6) is 5.75 Å². The second-order valence-electron chi connectivity index (χ2n) is 6.67. The van der Waals surface area contributed by atoms with Crippen LogP contribution in [0.2, 0.25) is 0 Å². The molecule has 0 heterocycles. The molecule has 0 radical (unpaired) electrons. The largest absolute Gasteiger partial charge is 0.492 e. The van der Waals surface area contributed by atoms with Gasteiger partial charge in [0.15, 0.2) is 0 Å². The fraction of sp³-hybridized carbons (Fsp3) is 0.381. The Kier molecular flexibility index (Phi) is 8.67. The smallest absolute Gasteiger partial charge is 0.324 e. The van der Waals surface area contributed by atoms with E-state index in [0.29, 0.717) is 5.75 Å². The first-order valence-electron chi connectivity index (χ1n) is 9.39. The van der Waals surface area contributed by atoms with E-state index in [1.165, 1.54) is 16.4 Å². The first kappa shape index (κ1) is 23.4. The molecule has 0 aromatic heterocycles. The molecular formula is C21H26BrNO5S. The second-order valence-corrected chi connectivity index (χ2v) is 9.48. The van der Waals surface area contributed by atoms with Crippen molar-refractivity contribution < 1.29 is 22.7 Å². The van der Waals surface area contributed by atoms with Crippen molar-refractivity contribution in [2.75, 3.05) is 19.8 Å². The molecule has 0 saturated carbocycles. The highest BCUT2D eigenvalue weighted by Gasteiger charge is 2.38. The first-order chi connectivity index (χ1) is 13.8. The zero-order valence-electron chi connectivity index (χ0n) is 16.7. The Balaban J connectivity index is 2.34. The lowest BCUT2D eigenvalue weighted by Crippen LogP contribution is -2.50. The van der Waals surface area contributed by atoms with Gasteiger partial charge in [-0.2, -0.15) is 4.31 Å². The number of benzene rings is 2. The third-order valence-corrected chi connectivity index (χ3v) is 6.64. The van der Waals surface area contributed by atoms with Crippen LogP contribution < -0.4 is 4.74 Å². The average molecular weight is 484 g/mol. The van der Waals surface area contributed by atoms with Gasteiger partial charge in [-0.25, -0.2) is 8.42 Å². The van der Waals surface area contributed by atoms with E-state index in [1.807, 2.05) is 18.2 Å². The number of carbonyl (C=O) groups excluding carboxylic acids is 1. The molecule has 0 saturated heterocycles. The number of para-hydroxylation sites is 1. The van der Waals surface area contributed by atoms with Gasteiger partial charge in [0.1, 0.15) is 18.4 Å². The number of hydrogen-bond donors (Lipinski definition) is 0. The molecule has 29 heavy (non-hydrogen) atoms. The van der Waals surface area contributed by atoms with Crippen molar-refractivity contribution in [1.29, 1.82) is 0 Å². The van der Waals surface area contributed by atoms with Gasteiger partial charge in [0.2, 0.25) is 10.0 Å². The molecule has 0 bridgehead atoms. The van der Waals surface area contributed by atoms with Crippen molar-refractivity contribution in [3.63, 3.8) is 0 Å². The summed E-state index contributed by atoms with van der Waals surface area (Å²) in [5.41, 5.74) is 0. The molecule has 0 aliphatic rings. The normalized spacial score (nSPS) is 12.8. The van der Waals surface area contributed by atoms with Crippen LogP contribution >= 0.6 is 15.9 Å². The Labute approximate surface area is 181 Å². The summed E-state index contributed by atoms with van der Waals surface area (Å²) in [4.78, 5) is 12.7. The monoisotopic (exact) mass is 483 g/mol. The van der Waals surface area contributed by atoms with Crippen LogP contribution in [0.3, 0.4) is 0 Å². The van der Waals surface area contributed by atoms with E-state index in [4.69, 9.17) is 9.47 Å². The van der Waals surface area contributed by atoms with Crippen LogP contribution in [0, 0.1) is 5.92 Å². The van der Waals surface area contributed by atoms with Gasteiger partial charge in [-0.15, -0.1) is 0 Å². The van der Waals surface area contributed by atoms with E-state index in [-0.39, 0.29) is 30.6 Å². The van der Waals surface area contributed by atoms with Gasteiger partial charge in [-0.1, -0.05) is 48.0 Å². The average Bonchev–Trinajstić information content (AvgIpc) is 2.68. The van der Waals surface area contributed by atoms with E-state index in [9.17, 15) is 13.2 Å². The fourth-order valence-corrected chi connectivity index (χ4v) is 4.83. The molecule has 158 valence electrons. The topological polar surface area (TPSA) is 72.9 Å². The van der Waals surface area contributed by atoms with Gasteiger partial charge < -0.3 is 9.47 Å². The number of halogens is 1. The number of nitrogens with zero attached hydrogens (tertiary/aromatic N) is 1.